The van der Waals surface area contributed by atoms with Gasteiger partial charge in [0.2, 0.25) is 0 Å². The lowest BCUT2D eigenvalue weighted by Gasteiger charge is -2.29. The number of aromatic amines is 1. The number of hydrogen-bond donors (Lipinski definition) is 3. The number of para-hydroxylation sites is 1. The van der Waals surface area contributed by atoms with Crippen LogP contribution in [0.5, 0.6) is 0 Å². The fraction of sp³-hybridized carbons (Fsp3) is 0.167. The molecule has 0 fully saturated rings. The molecule has 3 N–H and O–H groups in total. The minimum Gasteiger partial charge on any atom is -0.480 e. The van der Waals surface area contributed by atoms with Crippen molar-refractivity contribution in [2.24, 2.45) is 0 Å². The van der Waals surface area contributed by atoms with Gasteiger partial charge in [-0.2, -0.15) is 0 Å². The number of nitrogens with one attached hydrogen (secondary N) is 2. The smallest absolute Gasteiger partial charge is 0.321 e. The van der Waals surface area contributed by atoms with Crippen LogP contribution in [-0.2, 0) is 11.2 Å². The summed E-state index contributed by atoms with van der Waals surface area (Å²) in [6.07, 6.45) is 0.485. The molecule has 2 aromatic carbocycles. The first-order chi connectivity index (χ1) is 11.1. The van der Waals surface area contributed by atoms with E-state index >= 15 is 0 Å². The van der Waals surface area contributed by atoms with E-state index in [1.807, 2.05) is 48.5 Å². The second-order valence-electron chi connectivity index (χ2n) is 5.81. The summed E-state index contributed by atoms with van der Waals surface area (Å²) in [7, 11) is 0. The number of halogens is 1. The van der Waals surface area contributed by atoms with Crippen molar-refractivity contribution in [2.45, 2.75) is 18.5 Å². The van der Waals surface area contributed by atoms with Crippen LogP contribution < -0.4 is 5.32 Å². The Balaban J connectivity index is 1.91. The van der Waals surface area contributed by atoms with Gasteiger partial charge < -0.3 is 10.1 Å². The Bertz CT molecular complexity index is 903. The molecule has 4 nitrogen and oxygen atoms in total. The molecule has 3 aromatic rings. The predicted molar refractivity (Wildman–Crippen MR) is 92.5 cm³/mol. The Labute approximate surface area is 141 Å². The zero-order valence-electron chi connectivity index (χ0n) is 12.2. The number of carboxylic acid groups (broad SMARTS) is 1. The number of benzene rings is 2. The van der Waals surface area contributed by atoms with Crippen LogP contribution >= 0.6 is 15.9 Å². The topological polar surface area (TPSA) is 65.1 Å². The van der Waals surface area contributed by atoms with Crippen LogP contribution in [-0.4, -0.2) is 22.1 Å². The highest BCUT2D eigenvalue weighted by molar-refractivity contribution is 9.10. The molecule has 0 aliphatic carbocycles. The van der Waals surface area contributed by atoms with E-state index in [0.29, 0.717) is 6.42 Å². The molecule has 1 aliphatic rings. The third-order valence-corrected chi connectivity index (χ3v) is 4.88. The summed E-state index contributed by atoms with van der Waals surface area (Å²) >= 11 is 3.49. The van der Waals surface area contributed by atoms with Crippen molar-refractivity contribution in [1.29, 1.82) is 0 Å². The minimum atomic E-state index is -0.819. The molecule has 1 aliphatic heterocycles. The average molecular weight is 371 g/mol. The van der Waals surface area contributed by atoms with Crippen molar-refractivity contribution < 1.29 is 9.90 Å². The second kappa shape index (κ2) is 5.51. The van der Waals surface area contributed by atoms with Crippen LogP contribution in [0.2, 0.25) is 0 Å². The number of carboxylic acids is 1. The van der Waals surface area contributed by atoms with E-state index in [1.54, 1.807) is 0 Å². The number of rotatable bonds is 2. The Kier molecular flexibility index (Phi) is 3.47. The summed E-state index contributed by atoms with van der Waals surface area (Å²) in [5.74, 6) is -0.819. The van der Waals surface area contributed by atoms with Crippen LogP contribution in [0.3, 0.4) is 0 Å². The highest BCUT2D eigenvalue weighted by atomic mass is 79.9. The maximum absolute atomic E-state index is 11.6. The lowest BCUT2D eigenvalue weighted by atomic mass is 9.90. The molecule has 0 bridgehead atoms. The molecule has 23 heavy (non-hydrogen) atoms. The van der Waals surface area contributed by atoms with Crippen LogP contribution in [0.25, 0.3) is 10.9 Å². The molecule has 0 radical (unpaired) electrons. The zero-order valence-corrected chi connectivity index (χ0v) is 13.8. The molecule has 0 amide bonds. The van der Waals surface area contributed by atoms with Gasteiger partial charge in [-0.3, -0.25) is 10.1 Å². The molecular formula is C18H15BrN2O2. The summed E-state index contributed by atoms with van der Waals surface area (Å²) in [6, 6.07) is 15.3. The maximum Gasteiger partial charge on any atom is 0.321 e. The van der Waals surface area contributed by atoms with Gasteiger partial charge >= 0.3 is 5.97 Å². The van der Waals surface area contributed by atoms with Crippen LogP contribution in [0.4, 0.5) is 0 Å². The molecular weight excluding hydrogens is 356 g/mol. The fourth-order valence-corrected chi connectivity index (χ4v) is 3.76. The van der Waals surface area contributed by atoms with E-state index in [4.69, 9.17) is 0 Å². The van der Waals surface area contributed by atoms with Crippen LogP contribution in [0.15, 0.2) is 53.0 Å². The summed E-state index contributed by atoms with van der Waals surface area (Å²) in [5, 5.41) is 13.9. The Morgan fingerprint density at radius 3 is 2.78 bits per heavy atom. The van der Waals surface area contributed by atoms with Gasteiger partial charge in [0, 0.05) is 27.5 Å². The average Bonchev–Trinajstić information content (AvgIpc) is 2.92. The summed E-state index contributed by atoms with van der Waals surface area (Å²) in [4.78, 5) is 15.1. The van der Waals surface area contributed by atoms with E-state index in [1.165, 1.54) is 0 Å². The van der Waals surface area contributed by atoms with Gasteiger partial charge in [-0.15, -0.1) is 0 Å². The second-order valence-corrected chi connectivity index (χ2v) is 6.73. The Hall–Kier alpha value is -2.11. The third kappa shape index (κ3) is 2.46. The lowest BCUT2D eigenvalue weighted by Crippen LogP contribution is -2.44. The highest BCUT2D eigenvalue weighted by Gasteiger charge is 2.33. The maximum atomic E-state index is 11.6. The van der Waals surface area contributed by atoms with E-state index < -0.39 is 12.0 Å². The molecule has 0 unspecified atom stereocenters. The fourth-order valence-electron chi connectivity index (χ4n) is 3.34. The molecule has 2 atom stereocenters. The SMILES string of the molecule is O=C(O)[C@H]1Cc2c([nH]c3ccccc23)[C@@H](c2cccc(Br)c2)N1. The first-order valence-corrected chi connectivity index (χ1v) is 8.26. The number of aliphatic carboxylic acids is 1. The predicted octanol–water partition coefficient (Wildman–Crippen LogP) is 3.62. The Morgan fingerprint density at radius 2 is 2.00 bits per heavy atom. The number of fused-ring (bicyclic) bond motifs is 3. The molecule has 0 saturated heterocycles. The summed E-state index contributed by atoms with van der Waals surface area (Å²) in [5.41, 5.74) is 4.24. The first kappa shape index (κ1) is 14.5. The zero-order chi connectivity index (χ0) is 16.0. The Morgan fingerprint density at radius 1 is 1.17 bits per heavy atom. The normalized spacial score (nSPS) is 20.4. The minimum absolute atomic E-state index is 0.162. The molecule has 0 spiro atoms. The van der Waals surface area contributed by atoms with E-state index in [9.17, 15) is 9.90 Å². The quantitative estimate of drug-likeness (QED) is 0.645. The highest BCUT2D eigenvalue weighted by Crippen LogP contribution is 2.35. The number of H-pyrrole nitrogens is 1. The third-order valence-electron chi connectivity index (χ3n) is 4.39. The van der Waals surface area contributed by atoms with Gasteiger partial charge in [-0.25, -0.2) is 0 Å². The van der Waals surface area contributed by atoms with Crippen molar-refractivity contribution in [3.05, 3.63) is 69.8 Å². The van der Waals surface area contributed by atoms with Gasteiger partial charge in [-0.05, 0) is 29.3 Å². The van der Waals surface area contributed by atoms with Gasteiger partial charge in [0.05, 0.1) is 6.04 Å². The van der Waals surface area contributed by atoms with Gasteiger partial charge in [0.1, 0.15) is 6.04 Å². The molecule has 5 heteroatoms. The molecule has 4 rings (SSSR count). The van der Waals surface area contributed by atoms with E-state index in [-0.39, 0.29) is 6.04 Å². The standard InChI is InChI=1S/C18H15BrN2O2/c19-11-5-3-4-10(8-11)16-17-13(9-15(21-16)18(22)23)12-6-1-2-7-14(12)20-17/h1-8,15-16,20-21H,9H2,(H,22,23)/t15-,16-/m1/s1. The van der Waals surface area contributed by atoms with Gasteiger partial charge in [0.15, 0.2) is 0 Å². The van der Waals surface area contributed by atoms with Crippen molar-refractivity contribution in [1.82, 2.24) is 10.3 Å². The van der Waals surface area contributed by atoms with Crippen molar-refractivity contribution >= 4 is 32.8 Å². The lowest BCUT2D eigenvalue weighted by molar-refractivity contribution is -0.139. The number of hydrogen-bond acceptors (Lipinski definition) is 2. The van der Waals surface area contributed by atoms with Crippen molar-refractivity contribution in [2.75, 3.05) is 0 Å². The first-order valence-electron chi connectivity index (χ1n) is 7.47. The van der Waals surface area contributed by atoms with Crippen molar-refractivity contribution in [3.63, 3.8) is 0 Å². The van der Waals surface area contributed by atoms with Crippen molar-refractivity contribution in [3.8, 4) is 0 Å². The van der Waals surface area contributed by atoms with Crippen LogP contribution in [0, 0.1) is 0 Å². The monoisotopic (exact) mass is 370 g/mol. The molecule has 2 heterocycles. The number of aromatic nitrogens is 1. The van der Waals surface area contributed by atoms with Gasteiger partial charge in [0.25, 0.3) is 0 Å². The molecule has 1 aromatic heterocycles. The molecule has 0 saturated carbocycles. The van der Waals surface area contributed by atoms with E-state index in [2.05, 4.69) is 26.2 Å². The van der Waals surface area contributed by atoms with Crippen LogP contribution in [0.1, 0.15) is 22.9 Å². The summed E-state index contributed by atoms with van der Waals surface area (Å²) in [6.45, 7) is 0. The molecule has 116 valence electrons. The largest absolute Gasteiger partial charge is 0.480 e. The number of carbonyl (C=O) groups is 1. The van der Waals surface area contributed by atoms with Gasteiger partial charge in [-0.1, -0.05) is 46.3 Å². The summed E-state index contributed by atoms with van der Waals surface area (Å²) < 4.78 is 0.979. The van der Waals surface area contributed by atoms with E-state index in [0.717, 1.165) is 32.2 Å².